The zero-order chi connectivity index (χ0) is 14.8. The summed E-state index contributed by atoms with van der Waals surface area (Å²) in [5.41, 5.74) is 2.27. The van der Waals surface area contributed by atoms with Crippen molar-refractivity contribution in [2.75, 3.05) is 18.0 Å². The van der Waals surface area contributed by atoms with E-state index in [9.17, 15) is 0 Å². The highest BCUT2D eigenvalue weighted by molar-refractivity contribution is 5.34. The van der Waals surface area contributed by atoms with E-state index in [-0.39, 0.29) is 5.54 Å². The molecule has 1 aliphatic rings. The normalized spacial score (nSPS) is 20.2. The predicted octanol–water partition coefficient (Wildman–Crippen LogP) is 2.84. The van der Waals surface area contributed by atoms with Crippen molar-refractivity contribution in [2.45, 2.75) is 65.5 Å². The SMILES string of the molecule is Cc1cc(C)nc(N2CCCCC2CNC(C)(C)C)n1. The number of anilines is 1. The molecule has 1 aromatic rings. The van der Waals surface area contributed by atoms with Gasteiger partial charge in [-0.3, -0.25) is 0 Å². The van der Waals surface area contributed by atoms with E-state index in [0.717, 1.165) is 30.4 Å². The molecular formula is C16H28N4. The quantitative estimate of drug-likeness (QED) is 0.921. The fraction of sp³-hybridized carbons (Fsp3) is 0.750. The molecule has 1 atom stereocenters. The molecule has 4 heteroatoms. The van der Waals surface area contributed by atoms with Crippen molar-refractivity contribution in [3.63, 3.8) is 0 Å². The largest absolute Gasteiger partial charge is 0.337 e. The van der Waals surface area contributed by atoms with E-state index in [1.165, 1.54) is 19.3 Å². The Morgan fingerprint density at radius 1 is 1.20 bits per heavy atom. The van der Waals surface area contributed by atoms with Gasteiger partial charge in [-0.2, -0.15) is 0 Å². The molecule has 0 spiro atoms. The van der Waals surface area contributed by atoms with Crippen molar-refractivity contribution in [3.05, 3.63) is 17.5 Å². The second kappa shape index (κ2) is 6.08. The number of piperidine rings is 1. The van der Waals surface area contributed by atoms with Crippen molar-refractivity contribution in [3.8, 4) is 0 Å². The molecular weight excluding hydrogens is 248 g/mol. The minimum atomic E-state index is 0.159. The van der Waals surface area contributed by atoms with Gasteiger partial charge in [-0.15, -0.1) is 0 Å². The van der Waals surface area contributed by atoms with E-state index in [4.69, 9.17) is 0 Å². The van der Waals surface area contributed by atoms with E-state index >= 15 is 0 Å². The molecule has 0 aliphatic carbocycles. The van der Waals surface area contributed by atoms with Gasteiger partial charge in [0.1, 0.15) is 0 Å². The first-order valence-electron chi connectivity index (χ1n) is 7.69. The van der Waals surface area contributed by atoms with Gasteiger partial charge in [0.15, 0.2) is 0 Å². The molecule has 0 radical (unpaired) electrons. The lowest BCUT2D eigenvalue weighted by Crippen LogP contribution is -2.50. The van der Waals surface area contributed by atoms with E-state index in [1.807, 2.05) is 19.9 Å². The van der Waals surface area contributed by atoms with Crippen LogP contribution in [0.15, 0.2) is 6.07 Å². The van der Waals surface area contributed by atoms with Crippen LogP contribution in [0, 0.1) is 13.8 Å². The molecule has 1 unspecified atom stereocenters. The third-order valence-corrected chi connectivity index (χ3v) is 3.72. The first kappa shape index (κ1) is 15.2. The van der Waals surface area contributed by atoms with Crippen LogP contribution in [0.4, 0.5) is 5.95 Å². The summed E-state index contributed by atoms with van der Waals surface area (Å²) in [4.78, 5) is 11.7. The van der Waals surface area contributed by atoms with Gasteiger partial charge in [0.05, 0.1) is 0 Å². The summed E-state index contributed by atoms with van der Waals surface area (Å²) in [5.74, 6) is 0.905. The van der Waals surface area contributed by atoms with E-state index in [1.54, 1.807) is 0 Å². The van der Waals surface area contributed by atoms with E-state index in [0.29, 0.717) is 6.04 Å². The van der Waals surface area contributed by atoms with Crippen LogP contribution in [0.5, 0.6) is 0 Å². The Balaban J connectivity index is 2.13. The summed E-state index contributed by atoms with van der Waals surface area (Å²) < 4.78 is 0. The van der Waals surface area contributed by atoms with Gasteiger partial charge in [-0.25, -0.2) is 9.97 Å². The first-order chi connectivity index (χ1) is 9.35. The topological polar surface area (TPSA) is 41.1 Å². The van der Waals surface area contributed by atoms with Crippen molar-refractivity contribution < 1.29 is 0 Å². The Hall–Kier alpha value is -1.16. The summed E-state index contributed by atoms with van der Waals surface area (Å²) in [6, 6.07) is 2.54. The van der Waals surface area contributed by atoms with Crippen molar-refractivity contribution in [1.82, 2.24) is 15.3 Å². The van der Waals surface area contributed by atoms with Crippen LogP contribution in [-0.4, -0.2) is 34.6 Å². The monoisotopic (exact) mass is 276 g/mol. The Kier molecular flexibility index (Phi) is 4.63. The van der Waals surface area contributed by atoms with Gasteiger partial charge in [0.25, 0.3) is 0 Å². The minimum absolute atomic E-state index is 0.159. The fourth-order valence-electron chi connectivity index (χ4n) is 2.74. The average Bonchev–Trinajstić information content (AvgIpc) is 2.34. The third-order valence-electron chi connectivity index (χ3n) is 3.72. The third kappa shape index (κ3) is 4.17. The van der Waals surface area contributed by atoms with E-state index in [2.05, 4.69) is 41.0 Å². The van der Waals surface area contributed by atoms with Crippen LogP contribution in [-0.2, 0) is 0 Å². The lowest BCUT2D eigenvalue weighted by atomic mass is 10.0. The summed E-state index contributed by atoms with van der Waals surface area (Å²) in [6.45, 7) is 12.8. The van der Waals surface area contributed by atoms with Crippen LogP contribution in [0.1, 0.15) is 51.4 Å². The van der Waals surface area contributed by atoms with Gasteiger partial charge in [0.2, 0.25) is 5.95 Å². The van der Waals surface area contributed by atoms with Crippen LogP contribution in [0.3, 0.4) is 0 Å². The molecule has 0 aromatic carbocycles. The highest BCUT2D eigenvalue weighted by Gasteiger charge is 2.26. The lowest BCUT2D eigenvalue weighted by Gasteiger charge is -2.37. The average molecular weight is 276 g/mol. The summed E-state index contributed by atoms with van der Waals surface area (Å²) >= 11 is 0. The number of hydrogen-bond donors (Lipinski definition) is 1. The number of nitrogens with zero attached hydrogens (tertiary/aromatic N) is 3. The Bertz CT molecular complexity index is 430. The van der Waals surface area contributed by atoms with Gasteiger partial charge >= 0.3 is 0 Å². The molecule has 4 nitrogen and oxygen atoms in total. The van der Waals surface area contributed by atoms with Gasteiger partial charge in [-0.05, 0) is 59.9 Å². The van der Waals surface area contributed by atoms with Gasteiger partial charge < -0.3 is 10.2 Å². The molecule has 0 saturated carbocycles. The van der Waals surface area contributed by atoms with Gasteiger partial charge in [-0.1, -0.05) is 0 Å². The Labute approximate surface area is 123 Å². The number of rotatable bonds is 3. The predicted molar refractivity (Wildman–Crippen MR) is 84.2 cm³/mol. The molecule has 0 bridgehead atoms. The molecule has 20 heavy (non-hydrogen) atoms. The number of aryl methyl sites for hydroxylation is 2. The smallest absolute Gasteiger partial charge is 0.226 e. The number of aromatic nitrogens is 2. The Morgan fingerprint density at radius 3 is 2.45 bits per heavy atom. The first-order valence-corrected chi connectivity index (χ1v) is 7.69. The standard InChI is InChI=1S/C16H28N4/c1-12-10-13(2)19-15(18-12)20-9-7-6-8-14(20)11-17-16(3,4)5/h10,14,17H,6-9,11H2,1-5H3. The maximum Gasteiger partial charge on any atom is 0.226 e. The number of nitrogens with one attached hydrogen (secondary N) is 1. The van der Waals surface area contributed by atoms with Crippen LogP contribution in [0.25, 0.3) is 0 Å². The Morgan fingerprint density at radius 2 is 1.85 bits per heavy atom. The van der Waals surface area contributed by atoms with E-state index < -0.39 is 0 Å². The number of hydrogen-bond acceptors (Lipinski definition) is 4. The molecule has 1 saturated heterocycles. The second-order valence-electron chi connectivity index (χ2n) is 6.92. The fourth-order valence-corrected chi connectivity index (χ4v) is 2.74. The molecule has 1 N–H and O–H groups in total. The van der Waals surface area contributed by atoms with Crippen LogP contribution < -0.4 is 10.2 Å². The molecule has 112 valence electrons. The molecule has 2 heterocycles. The highest BCUT2D eigenvalue weighted by atomic mass is 15.3. The summed E-state index contributed by atoms with van der Waals surface area (Å²) in [7, 11) is 0. The lowest BCUT2D eigenvalue weighted by molar-refractivity contribution is 0.364. The zero-order valence-corrected chi connectivity index (χ0v) is 13.5. The van der Waals surface area contributed by atoms with Crippen molar-refractivity contribution in [1.29, 1.82) is 0 Å². The molecule has 1 fully saturated rings. The van der Waals surface area contributed by atoms with Crippen molar-refractivity contribution >= 4 is 5.95 Å². The maximum atomic E-state index is 4.64. The maximum absolute atomic E-state index is 4.64. The van der Waals surface area contributed by atoms with Crippen LogP contribution >= 0.6 is 0 Å². The van der Waals surface area contributed by atoms with Crippen molar-refractivity contribution in [2.24, 2.45) is 0 Å². The summed E-state index contributed by atoms with van der Waals surface area (Å²) in [5, 5.41) is 3.62. The molecule has 0 amide bonds. The van der Waals surface area contributed by atoms with Crippen LogP contribution in [0.2, 0.25) is 0 Å². The highest BCUT2D eigenvalue weighted by Crippen LogP contribution is 2.22. The molecule has 2 rings (SSSR count). The molecule has 1 aliphatic heterocycles. The second-order valence-corrected chi connectivity index (χ2v) is 6.92. The van der Waals surface area contributed by atoms with Gasteiger partial charge in [0, 0.05) is 36.1 Å². The summed E-state index contributed by atoms with van der Waals surface area (Å²) in [6.07, 6.45) is 3.76. The zero-order valence-electron chi connectivity index (χ0n) is 13.5. The molecule has 1 aromatic heterocycles. The minimum Gasteiger partial charge on any atom is -0.337 e.